The Kier molecular flexibility index (Phi) is 5.95. The van der Waals surface area contributed by atoms with Crippen LogP contribution in [0.1, 0.15) is 18.4 Å². The Hall–Kier alpha value is -2.99. The summed E-state index contributed by atoms with van der Waals surface area (Å²) in [5.74, 6) is 0.832. The van der Waals surface area contributed by atoms with Gasteiger partial charge in [0, 0.05) is 35.6 Å². The van der Waals surface area contributed by atoms with E-state index in [1.165, 1.54) is 12.1 Å². The van der Waals surface area contributed by atoms with Gasteiger partial charge in [-0.2, -0.15) is 0 Å². The monoisotopic (exact) mass is 424 g/mol. The number of benzene rings is 2. The first kappa shape index (κ1) is 20.3. The number of aromatic nitrogens is 2. The first-order valence-corrected chi connectivity index (χ1v) is 10.3. The molecule has 154 valence electrons. The molecule has 0 bridgehead atoms. The van der Waals surface area contributed by atoms with E-state index in [2.05, 4.69) is 20.2 Å². The van der Waals surface area contributed by atoms with E-state index in [4.69, 9.17) is 11.6 Å². The number of hydrogen-bond acceptors (Lipinski definition) is 4. The summed E-state index contributed by atoms with van der Waals surface area (Å²) in [6, 6.07) is 13.5. The van der Waals surface area contributed by atoms with Gasteiger partial charge in [-0.3, -0.25) is 4.79 Å². The molecule has 0 radical (unpaired) electrons. The zero-order valence-corrected chi connectivity index (χ0v) is 17.4. The Bertz CT molecular complexity index is 1060. The Morgan fingerprint density at radius 2 is 2.00 bits per heavy atom. The van der Waals surface area contributed by atoms with Gasteiger partial charge >= 0.3 is 0 Å². The topological polar surface area (TPSA) is 58.1 Å². The van der Waals surface area contributed by atoms with Crippen molar-refractivity contribution in [2.45, 2.75) is 19.8 Å². The predicted molar refractivity (Wildman–Crippen MR) is 117 cm³/mol. The van der Waals surface area contributed by atoms with E-state index in [0.717, 1.165) is 36.3 Å². The van der Waals surface area contributed by atoms with Crippen LogP contribution >= 0.6 is 11.6 Å². The average molecular weight is 425 g/mol. The minimum Gasteiger partial charge on any atom is -0.356 e. The van der Waals surface area contributed by atoms with E-state index < -0.39 is 0 Å². The summed E-state index contributed by atoms with van der Waals surface area (Å²) in [6.07, 6.45) is 3.40. The van der Waals surface area contributed by atoms with Crippen molar-refractivity contribution >= 4 is 29.0 Å². The van der Waals surface area contributed by atoms with Crippen LogP contribution in [0.25, 0.3) is 11.4 Å². The van der Waals surface area contributed by atoms with Crippen molar-refractivity contribution in [2.75, 3.05) is 23.3 Å². The molecule has 7 heteroatoms. The van der Waals surface area contributed by atoms with E-state index in [1.807, 2.05) is 25.1 Å². The number of carbonyl (C=O) groups excluding carboxylic acids is 1. The van der Waals surface area contributed by atoms with Crippen molar-refractivity contribution in [3.63, 3.8) is 0 Å². The highest BCUT2D eigenvalue weighted by atomic mass is 35.5. The van der Waals surface area contributed by atoms with E-state index in [1.54, 1.807) is 24.4 Å². The van der Waals surface area contributed by atoms with Crippen LogP contribution in [0.15, 0.2) is 54.7 Å². The van der Waals surface area contributed by atoms with Crippen LogP contribution in [0, 0.1) is 18.7 Å². The zero-order chi connectivity index (χ0) is 21.1. The highest BCUT2D eigenvalue weighted by Gasteiger charge is 2.27. The Labute approximate surface area is 179 Å². The first-order valence-electron chi connectivity index (χ1n) is 9.90. The maximum atomic E-state index is 13.2. The number of rotatable bonds is 4. The van der Waals surface area contributed by atoms with Gasteiger partial charge in [0.1, 0.15) is 11.6 Å². The normalized spacial score (nSPS) is 16.4. The average Bonchev–Trinajstić information content (AvgIpc) is 2.77. The summed E-state index contributed by atoms with van der Waals surface area (Å²) in [5, 5.41) is 3.61. The van der Waals surface area contributed by atoms with E-state index in [0.29, 0.717) is 23.1 Å². The van der Waals surface area contributed by atoms with Crippen LogP contribution in [0.5, 0.6) is 0 Å². The molecule has 0 unspecified atom stereocenters. The van der Waals surface area contributed by atoms with E-state index in [-0.39, 0.29) is 17.6 Å². The van der Waals surface area contributed by atoms with Crippen molar-refractivity contribution < 1.29 is 9.18 Å². The third-order valence-electron chi connectivity index (χ3n) is 5.30. The Balaban J connectivity index is 1.47. The smallest absolute Gasteiger partial charge is 0.229 e. The molecule has 1 aliphatic rings. The molecule has 1 fully saturated rings. The number of anilines is 2. The van der Waals surface area contributed by atoms with Crippen LogP contribution in [0.2, 0.25) is 5.02 Å². The zero-order valence-electron chi connectivity index (χ0n) is 16.6. The largest absolute Gasteiger partial charge is 0.356 e. The van der Waals surface area contributed by atoms with Crippen LogP contribution < -0.4 is 10.2 Å². The number of aryl methyl sites for hydroxylation is 1. The molecule has 30 heavy (non-hydrogen) atoms. The van der Waals surface area contributed by atoms with Crippen molar-refractivity contribution in [1.29, 1.82) is 0 Å². The number of halogens is 2. The van der Waals surface area contributed by atoms with E-state index in [9.17, 15) is 9.18 Å². The fraction of sp³-hybridized carbons (Fsp3) is 0.261. The SMILES string of the molecule is Cc1ccc(NC(=O)[C@H]2CCCN(c3ccnc(-c4ccc(F)cc4)n3)C2)cc1Cl. The molecule has 0 saturated carbocycles. The molecule has 1 atom stereocenters. The van der Waals surface area contributed by atoms with Gasteiger partial charge in [0.15, 0.2) is 5.82 Å². The lowest BCUT2D eigenvalue weighted by Gasteiger charge is -2.33. The van der Waals surface area contributed by atoms with E-state index >= 15 is 0 Å². The number of carbonyl (C=O) groups is 1. The van der Waals surface area contributed by atoms with Gasteiger partial charge < -0.3 is 10.2 Å². The summed E-state index contributed by atoms with van der Waals surface area (Å²) in [5.41, 5.74) is 2.42. The second-order valence-electron chi connectivity index (χ2n) is 7.48. The molecule has 1 aliphatic heterocycles. The van der Waals surface area contributed by atoms with Crippen LogP contribution in [-0.2, 0) is 4.79 Å². The number of hydrogen-bond donors (Lipinski definition) is 1. The molecule has 1 amide bonds. The fourth-order valence-corrected chi connectivity index (χ4v) is 3.76. The van der Waals surface area contributed by atoms with Crippen LogP contribution in [0.3, 0.4) is 0 Å². The molecule has 0 aliphatic carbocycles. The maximum Gasteiger partial charge on any atom is 0.229 e. The van der Waals surface area contributed by atoms with Crippen molar-refractivity contribution in [1.82, 2.24) is 9.97 Å². The summed E-state index contributed by atoms with van der Waals surface area (Å²) >= 11 is 6.17. The molecule has 2 aromatic carbocycles. The van der Waals surface area contributed by atoms with Crippen LogP contribution in [0.4, 0.5) is 15.9 Å². The number of piperidine rings is 1. The lowest BCUT2D eigenvalue weighted by atomic mass is 9.97. The Morgan fingerprint density at radius 1 is 1.20 bits per heavy atom. The maximum absolute atomic E-state index is 13.2. The molecule has 5 nitrogen and oxygen atoms in total. The molecule has 4 rings (SSSR count). The van der Waals surface area contributed by atoms with Gasteiger partial charge in [0.25, 0.3) is 0 Å². The first-order chi connectivity index (χ1) is 14.5. The molecular weight excluding hydrogens is 403 g/mol. The molecular formula is C23H22ClFN4O. The summed E-state index contributed by atoms with van der Waals surface area (Å²) in [6.45, 7) is 3.32. The minimum atomic E-state index is -0.297. The molecule has 2 heterocycles. The lowest BCUT2D eigenvalue weighted by molar-refractivity contribution is -0.120. The van der Waals surface area contributed by atoms with Gasteiger partial charge in [0.05, 0.1) is 5.92 Å². The number of nitrogens with zero attached hydrogens (tertiary/aromatic N) is 3. The summed E-state index contributed by atoms with van der Waals surface area (Å²) in [4.78, 5) is 23.9. The molecule has 3 aromatic rings. The lowest BCUT2D eigenvalue weighted by Crippen LogP contribution is -2.41. The fourth-order valence-electron chi connectivity index (χ4n) is 3.58. The van der Waals surface area contributed by atoms with Crippen molar-refractivity contribution in [3.05, 3.63) is 71.1 Å². The highest BCUT2D eigenvalue weighted by molar-refractivity contribution is 6.31. The van der Waals surface area contributed by atoms with Gasteiger partial charge in [-0.1, -0.05) is 17.7 Å². The van der Waals surface area contributed by atoms with Crippen molar-refractivity contribution in [2.24, 2.45) is 5.92 Å². The van der Waals surface area contributed by atoms with Gasteiger partial charge in [-0.05, 0) is 67.8 Å². The quantitative estimate of drug-likeness (QED) is 0.633. The standard InChI is InChI=1S/C23H22ClFN4O/c1-15-4-9-19(13-20(15)24)27-23(30)17-3-2-12-29(14-17)21-10-11-26-22(28-21)16-5-7-18(25)8-6-16/h4-11,13,17H,2-3,12,14H2,1H3,(H,27,30)/t17-/m0/s1. The molecule has 1 saturated heterocycles. The predicted octanol–water partition coefficient (Wildman–Crippen LogP) is 5.10. The van der Waals surface area contributed by atoms with Gasteiger partial charge in [-0.15, -0.1) is 0 Å². The third kappa shape index (κ3) is 4.60. The molecule has 1 N–H and O–H groups in total. The number of nitrogens with one attached hydrogen (secondary N) is 1. The number of amides is 1. The highest BCUT2D eigenvalue weighted by Crippen LogP contribution is 2.26. The summed E-state index contributed by atoms with van der Waals surface area (Å²) < 4.78 is 13.2. The summed E-state index contributed by atoms with van der Waals surface area (Å²) in [7, 11) is 0. The second-order valence-corrected chi connectivity index (χ2v) is 7.89. The Morgan fingerprint density at radius 3 is 2.77 bits per heavy atom. The van der Waals surface area contributed by atoms with Crippen LogP contribution in [-0.4, -0.2) is 29.0 Å². The third-order valence-corrected chi connectivity index (χ3v) is 5.71. The molecule has 1 aromatic heterocycles. The molecule has 0 spiro atoms. The van der Waals surface area contributed by atoms with Gasteiger partial charge in [-0.25, -0.2) is 14.4 Å². The minimum absolute atomic E-state index is 0.0209. The van der Waals surface area contributed by atoms with Crippen molar-refractivity contribution in [3.8, 4) is 11.4 Å². The van der Waals surface area contributed by atoms with Gasteiger partial charge in [0.2, 0.25) is 5.91 Å². The second kappa shape index (κ2) is 8.79.